The third-order valence-electron chi connectivity index (χ3n) is 4.48. The summed E-state index contributed by atoms with van der Waals surface area (Å²) < 4.78 is 11.9. The third-order valence-corrected chi connectivity index (χ3v) is 4.48. The summed E-state index contributed by atoms with van der Waals surface area (Å²) in [5, 5.41) is 8.76. The van der Waals surface area contributed by atoms with Crippen molar-refractivity contribution in [1.82, 2.24) is 0 Å². The van der Waals surface area contributed by atoms with Gasteiger partial charge in [0.05, 0.1) is 0 Å². The van der Waals surface area contributed by atoms with Crippen LogP contribution in [0.15, 0.2) is 72.8 Å². The average Bonchev–Trinajstić information content (AvgIpc) is 2.73. The van der Waals surface area contributed by atoms with Gasteiger partial charge >= 0.3 is 5.97 Å². The fourth-order valence-corrected chi connectivity index (χ4v) is 2.81. The highest BCUT2D eigenvalue weighted by Crippen LogP contribution is 2.27. The lowest BCUT2D eigenvalue weighted by atomic mass is 10.1. The molecule has 0 spiro atoms. The van der Waals surface area contributed by atoms with Crippen LogP contribution in [0.1, 0.15) is 30.0 Å². The summed E-state index contributed by atoms with van der Waals surface area (Å²) in [6.45, 7) is 2.51. The van der Waals surface area contributed by atoms with Gasteiger partial charge in [-0.25, -0.2) is 0 Å². The Hall–Kier alpha value is -3.27. The van der Waals surface area contributed by atoms with Crippen LogP contribution in [-0.4, -0.2) is 11.1 Å². The Labute approximate surface area is 165 Å². The number of carboxylic acid groups (broad SMARTS) is 1. The molecule has 0 saturated heterocycles. The smallest absolute Gasteiger partial charge is 0.303 e. The summed E-state index contributed by atoms with van der Waals surface area (Å²) in [5.74, 6) is 1.51. The van der Waals surface area contributed by atoms with E-state index in [1.165, 1.54) is 5.56 Å². The molecule has 28 heavy (non-hydrogen) atoms. The van der Waals surface area contributed by atoms with Gasteiger partial charge in [-0.05, 0) is 54.3 Å². The molecule has 0 unspecified atom stereocenters. The summed E-state index contributed by atoms with van der Waals surface area (Å²) in [7, 11) is 0. The number of ether oxygens (including phenoxy) is 2. The van der Waals surface area contributed by atoms with E-state index in [4.69, 9.17) is 14.6 Å². The lowest BCUT2D eigenvalue weighted by Crippen LogP contribution is -1.99. The molecule has 1 N–H and O–H groups in total. The SMILES string of the molecule is CCc1ccc(Oc2ccccc2COc2ccc(CCC(=O)O)cc2)cc1. The van der Waals surface area contributed by atoms with Crippen molar-refractivity contribution in [3.05, 3.63) is 89.5 Å². The van der Waals surface area contributed by atoms with Crippen LogP contribution in [0.4, 0.5) is 0 Å². The van der Waals surface area contributed by atoms with Crippen LogP contribution in [0.3, 0.4) is 0 Å². The van der Waals surface area contributed by atoms with Gasteiger partial charge in [0.2, 0.25) is 0 Å². The van der Waals surface area contributed by atoms with E-state index in [1.807, 2.05) is 60.7 Å². The maximum atomic E-state index is 10.7. The van der Waals surface area contributed by atoms with E-state index in [-0.39, 0.29) is 6.42 Å². The minimum Gasteiger partial charge on any atom is -0.489 e. The molecule has 3 rings (SSSR count). The largest absolute Gasteiger partial charge is 0.489 e. The van der Waals surface area contributed by atoms with Crippen molar-refractivity contribution in [3.63, 3.8) is 0 Å². The molecule has 0 aliphatic carbocycles. The highest BCUT2D eigenvalue weighted by Gasteiger charge is 2.06. The predicted molar refractivity (Wildman–Crippen MR) is 109 cm³/mol. The van der Waals surface area contributed by atoms with E-state index in [2.05, 4.69) is 19.1 Å². The zero-order chi connectivity index (χ0) is 19.8. The Morgan fingerprint density at radius 1 is 0.857 bits per heavy atom. The van der Waals surface area contributed by atoms with Gasteiger partial charge in [-0.2, -0.15) is 0 Å². The van der Waals surface area contributed by atoms with Gasteiger partial charge < -0.3 is 14.6 Å². The number of aliphatic carboxylic acids is 1. The van der Waals surface area contributed by atoms with Crippen LogP contribution in [0.2, 0.25) is 0 Å². The fourth-order valence-electron chi connectivity index (χ4n) is 2.81. The summed E-state index contributed by atoms with van der Waals surface area (Å²) in [6, 6.07) is 23.4. The van der Waals surface area contributed by atoms with E-state index in [0.717, 1.165) is 34.8 Å². The second-order valence-corrected chi connectivity index (χ2v) is 6.53. The topological polar surface area (TPSA) is 55.8 Å². The molecular weight excluding hydrogens is 352 g/mol. The van der Waals surface area contributed by atoms with Crippen molar-refractivity contribution in [2.24, 2.45) is 0 Å². The van der Waals surface area contributed by atoms with E-state index in [9.17, 15) is 4.79 Å². The Kier molecular flexibility index (Phi) is 6.68. The Morgan fingerprint density at radius 3 is 2.18 bits per heavy atom. The van der Waals surface area contributed by atoms with Crippen LogP contribution in [-0.2, 0) is 24.2 Å². The minimum absolute atomic E-state index is 0.129. The number of hydrogen-bond acceptors (Lipinski definition) is 3. The number of hydrogen-bond donors (Lipinski definition) is 1. The molecule has 144 valence electrons. The van der Waals surface area contributed by atoms with E-state index in [1.54, 1.807) is 0 Å². The molecule has 0 aliphatic heterocycles. The molecule has 0 aliphatic rings. The monoisotopic (exact) mass is 376 g/mol. The minimum atomic E-state index is -0.790. The average molecular weight is 376 g/mol. The Bertz CT molecular complexity index is 899. The molecule has 0 atom stereocenters. The normalized spacial score (nSPS) is 10.5. The van der Waals surface area contributed by atoms with Crippen LogP contribution in [0.5, 0.6) is 17.2 Å². The highest BCUT2D eigenvalue weighted by molar-refractivity contribution is 5.67. The molecule has 3 aromatic carbocycles. The number of carbonyl (C=O) groups is 1. The number of rotatable bonds is 9. The predicted octanol–water partition coefficient (Wildman–Crippen LogP) is 5.64. The van der Waals surface area contributed by atoms with Gasteiger partial charge in [-0.3, -0.25) is 4.79 Å². The molecule has 0 saturated carbocycles. The summed E-state index contributed by atoms with van der Waals surface area (Å²) in [6.07, 6.45) is 1.65. The van der Waals surface area contributed by atoms with E-state index < -0.39 is 5.97 Å². The second-order valence-electron chi connectivity index (χ2n) is 6.53. The van der Waals surface area contributed by atoms with Gasteiger partial charge in [-0.1, -0.05) is 49.4 Å². The van der Waals surface area contributed by atoms with E-state index >= 15 is 0 Å². The van der Waals surface area contributed by atoms with Crippen molar-refractivity contribution < 1.29 is 19.4 Å². The van der Waals surface area contributed by atoms with Crippen LogP contribution in [0, 0.1) is 0 Å². The van der Waals surface area contributed by atoms with E-state index in [0.29, 0.717) is 13.0 Å². The van der Waals surface area contributed by atoms with Crippen molar-refractivity contribution in [2.45, 2.75) is 32.8 Å². The molecule has 0 amide bonds. The molecular formula is C24H24O4. The molecule has 0 radical (unpaired) electrons. The summed E-state index contributed by atoms with van der Waals surface area (Å²) >= 11 is 0. The first-order chi connectivity index (χ1) is 13.6. The van der Waals surface area contributed by atoms with Gasteiger partial charge in [-0.15, -0.1) is 0 Å². The number of benzene rings is 3. The van der Waals surface area contributed by atoms with Gasteiger partial charge in [0.15, 0.2) is 0 Å². The van der Waals surface area contributed by atoms with Crippen LogP contribution in [0.25, 0.3) is 0 Å². The fraction of sp³-hybridized carbons (Fsp3) is 0.208. The lowest BCUT2D eigenvalue weighted by molar-refractivity contribution is -0.136. The van der Waals surface area contributed by atoms with Crippen LogP contribution >= 0.6 is 0 Å². The molecule has 0 heterocycles. The third kappa shape index (κ3) is 5.61. The van der Waals surface area contributed by atoms with Crippen molar-refractivity contribution in [1.29, 1.82) is 0 Å². The summed E-state index contributed by atoms with van der Waals surface area (Å²) in [5.41, 5.74) is 3.21. The lowest BCUT2D eigenvalue weighted by Gasteiger charge is -2.13. The number of aryl methyl sites for hydroxylation is 2. The zero-order valence-corrected chi connectivity index (χ0v) is 15.9. The maximum absolute atomic E-state index is 10.7. The number of para-hydroxylation sites is 1. The first kappa shape index (κ1) is 19.5. The maximum Gasteiger partial charge on any atom is 0.303 e. The first-order valence-corrected chi connectivity index (χ1v) is 9.42. The Balaban J connectivity index is 1.62. The molecule has 4 nitrogen and oxygen atoms in total. The zero-order valence-electron chi connectivity index (χ0n) is 15.9. The molecule has 0 fully saturated rings. The summed E-state index contributed by atoms with van der Waals surface area (Å²) in [4.78, 5) is 10.7. The molecule has 3 aromatic rings. The van der Waals surface area contributed by atoms with Gasteiger partial charge in [0.1, 0.15) is 23.9 Å². The first-order valence-electron chi connectivity index (χ1n) is 9.42. The quantitative estimate of drug-likeness (QED) is 0.525. The molecule has 4 heteroatoms. The van der Waals surface area contributed by atoms with Crippen molar-refractivity contribution >= 4 is 5.97 Å². The standard InChI is InChI=1S/C24H24O4/c1-2-18-7-14-22(15-8-18)28-23-6-4-3-5-20(23)17-27-21-12-9-19(10-13-21)11-16-24(25)26/h3-10,12-15H,2,11,16-17H2,1H3,(H,25,26). The number of carboxylic acids is 1. The second kappa shape index (κ2) is 9.60. The van der Waals surface area contributed by atoms with Crippen LogP contribution < -0.4 is 9.47 Å². The molecule has 0 aromatic heterocycles. The van der Waals surface area contributed by atoms with Crippen molar-refractivity contribution in [2.75, 3.05) is 0 Å². The van der Waals surface area contributed by atoms with Gasteiger partial charge in [0, 0.05) is 12.0 Å². The highest BCUT2D eigenvalue weighted by atomic mass is 16.5. The van der Waals surface area contributed by atoms with Gasteiger partial charge in [0.25, 0.3) is 0 Å². The molecule has 0 bridgehead atoms. The Morgan fingerprint density at radius 2 is 1.50 bits per heavy atom. The van der Waals surface area contributed by atoms with Crippen molar-refractivity contribution in [3.8, 4) is 17.2 Å².